The second kappa shape index (κ2) is 10.4. The van der Waals surface area contributed by atoms with E-state index in [-0.39, 0.29) is 6.03 Å². The standard InChI is InChI=1S/C20H26N2O3/c1-3-24-14-7-6-13-21-20(23)22-18-11-4-5-12-19(18)25-17-10-8-9-16(2)15-17/h4-5,8-12,15H,3,6-7,13-14H2,1-2H3,(H2,21,22,23). The summed E-state index contributed by atoms with van der Waals surface area (Å²) in [4.78, 5) is 12.1. The Kier molecular flexibility index (Phi) is 7.79. The molecule has 0 heterocycles. The first-order valence-corrected chi connectivity index (χ1v) is 8.65. The normalized spacial score (nSPS) is 10.3. The number of carbonyl (C=O) groups is 1. The fourth-order valence-electron chi connectivity index (χ4n) is 2.31. The summed E-state index contributed by atoms with van der Waals surface area (Å²) in [7, 11) is 0. The highest BCUT2D eigenvalue weighted by Crippen LogP contribution is 2.29. The molecule has 0 aliphatic heterocycles. The minimum Gasteiger partial charge on any atom is -0.455 e. The number of carbonyl (C=O) groups excluding carboxylic acids is 1. The largest absolute Gasteiger partial charge is 0.455 e. The lowest BCUT2D eigenvalue weighted by Crippen LogP contribution is -2.29. The Labute approximate surface area is 149 Å². The first-order valence-electron chi connectivity index (χ1n) is 8.65. The van der Waals surface area contributed by atoms with E-state index in [4.69, 9.17) is 9.47 Å². The highest BCUT2D eigenvalue weighted by molar-refractivity contribution is 5.90. The number of nitrogens with one attached hydrogen (secondary N) is 2. The summed E-state index contributed by atoms with van der Waals surface area (Å²) in [5, 5.41) is 5.69. The molecule has 2 N–H and O–H groups in total. The lowest BCUT2D eigenvalue weighted by atomic mass is 10.2. The molecular weight excluding hydrogens is 316 g/mol. The van der Waals surface area contributed by atoms with Crippen LogP contribution in [-0.2, 0) is 4.74 Å². The molecule has 0 aliphatic carbocycles. The van der Waals surface area contributed by atoms with E-state index >= 15 is 0 Å². The fraction of sp³-hybridized carbons (Fsp3) is 0.350. The SMILES string of the molecule is CCOCCCCNC(=O)Nc1ccccc1Oc1cccc(C)c1. The Morgan fingerprint density at radius 3 is 2.72 bits per heavy atom. The molecule has 2 aromatic rings. The third-order valence-electron chi connectivity index (χ3n) is 3.56. The zero-order valence-corrected chi connectivity index (χ0v) is 14.9. The van der Waals surface area contributed by atoms with Crippen LogP contribution >= 0.6 is 0 Å². The van der Waals surface area contributed by atoms with Crippen molar-refractivity contribution < 1.29 is 14.3 Å². The van der Waals surface area contributed by atoms with E-state index < -0.39 is 0 Å². The van der Waals surface area contributed by atoms with Crippen molar-refractivity contribution >= 4 is 11.7 Å². The van der Waals surface area contributed by atoms with Crippen LogP contribution in [0.4, 0.5) is 10.5 Å². The molecule has 25 heavy (non-hydrogen) atoms. The van der Waals surface area contributed by atoms with Gasteiger partial charge in [-0.05, 0) is 56.5 Å². The summed E-state index contributed by atoms with van der Waals surface area (Å²) in [5.74, 6) is 1.35. The zero-order chi connectivity index (χ0) is 17.9. The van der Waals surface area contributed by atoms with E-state index in [1.165, 1.54) is 0 Å². The molecule has 5 nitrogen and oxygen atoms in total. The Morgan fingerprint density at radius 2 is 1.92 bits per heavy atom. The number of rotatable bonds is 9. The van der Waals surface area contributed by atoms with Gasteiger partial charge in [0.15, 0.2) is 5.75 Å². The van der Waals surface area contributed by atoms with E-state index in [9.17, 15) is 4.79 Å². The van der Waals surface area contributed by atoms with Crippen LogP contribution in [-0.4, -0.2) is 25.8 Å². The Bertz CT molecular complexity index is 673. The van der Waals surface area contributed by atoms with Crippen molar-refractivity contribution in [3.8, 4) is 11.5 Å². The van der Waals surface area contributed by atoms with Crippen molar-refractivity contribution in [2.75, 3.05) is 25.1 Å². The molecule has 0 saturated carbocycles. The zero-order valence-electron chi connectivity index (χ0n) is 14.9. The Hall–Kier alpha value is -2.53. The van der Waals surface area contributed by atoms with Gasteiger partial charge in [-0.15, -0.1) is 0 Å². The van der Waals surface area contributed by atoms with E-state index in [0.29, 0.717) is 18.0 Å². The van der Waals surface area contributed by atoms with Crippen LogP contribution in [0.15, 0.2) is 48.5 Å². The average Bonchev–Trinajstić information content (AvgIpc) is 2.60. The van der Waals surface area contributed by atoms with Gasteiger partial charge in [0.2, 0.25) is 0 Å². The molecule has 134 valence electrons. The molecular formula is C20H26N2O3. The Balaban J connectivity index is 1.86. The monoisotopic (exact) mass is 342 g/mol. The smallest absolute Gasteiger partial charge is 0.319 e. The molecule has 0 atom stereocenters. The van der Waals surface area contributed by atoms with Crippen molar-refractivity contribution in [1.82, 2.24) is 5.32 Å². The molecule has 0 aromatic heterocycles. The summed E-state index contributed by atoms with van der Waals surface area (Å²) in [6.45, 7) is 6.05. The maximum absolute atomic E-state index is 12.1. The first kappa shape index (κ1) is 18.8. The topological polar surface area (TPSA) is 59.6 Å². The molecule has 0 fully saturated rings. The third kappa shape index (κ3) is 6.85. The van der Waals surface area contributed by atoms with Crippen molar-refractivity contribution in [2.24, 2.45) is 0 Å². The van der Waals surface area contributed by atoms with E-state index in [1.54, 1.807) is 0 Å². The summed E-state index contributed by atoms with van der Waals surface area (Å²) in [5.41, 5.74) is 1.75. The third-order valence-corrected chi connectivity index (χ3v) is 3.56. The number of aryl methyl sites for hydroxylation is 1. The van der Waals surface area contributed by atoms with Crippen LogP contribution in [0.3, 0.4) is 0 Å². The van der Waals surface area contributed by atoms with Crippen LogP contribution in [0.2, 0.25) is 0 Å². The summed E-state index contributed by atoms with van der Waals surface area (Å²) < 4.78 is 11.2. The molecule has 2 amide bonds. The van der Waals surface area contributed by atoms with E-state index in [0.717, 1.165) is 37.4 Å². The fourth-order valence-corrected chi connectivity index (χ4v) is 2.31. The van der Waals surface area contributed by atoms with Gasteiger partial charge in [0.1, 0.15) is 5.75 Å². The van der Waals surface area contributed by atoms with Gasteiger partial charge < -0.3 is 20.1 Å². The van der Waals surface area contributed by atoms with Gasteiger partial charge in [-0.3, -0.25) is 0 Å². The minimum atomic E-state index is -0.239. The molecule has 2 rings (SSSR count). The van der Waals surface area contributed by atoms with Gasteiger partial charge in [0, 0.05) is 19.8 Å². The second-order valence-electron chi connectivity index (χ2n) is 5.70. The van der Waals surface area contributed by atoms with Gasteiger partial charge in [-0.2, -0.15) is 0 Å². The number of para-hydroxylation sites is 2. The predicted molar refractivity (Wildman–Crippen MR) is 100 cm³/mol. The van der Waals surface area contributed by atoms with E-state index in [2.05, 4.69) is 10.6 Å². The van der Waals surface area contributed by atoms with Crippen molar-refractivity contribution in [3.05, 3.63) is 54.1 Å². The number of amides is 2. The number of urea groups is 1. The summed E-state index contributed by atoms with van der Waals surface area (Å²) in [6.07, 6.45) is 1.82. The summed E-state index contributed by atoms with van der Waals surface area (Å²) >= 11 is 0. The molecule has 0 saturated heterocycles. The van der Waals surface area contributed by atoms with Crippen LogP contribution in [0.5, 0.6) is 11.5 Å². The highest BCUT2D eigenvalue weighted by Gasteiger charge is 2.08. The Morgan fingerprint density at radius 1 is 1.08 bits per heavy atom. The van der Waals surface area contributed by atoms with Crippen LogP contribution in [0, 0.1) is 6.92 Å². The minimum absolute atomic E-state index is 0.239. The van der Waals surface area contributed by atoms with Crippen LogP contribution < -0.4 is 15.4 Å². The van der Waals surface area contributed by atoms with Gasteiger partial charge >= 0.3 is 6.03 Å². The van der Waals surface area contributed by atoms with Gasteiger partial charge in [-0.1, -0.05) is 24.3 Å². The first-order chi connectivity index (χ1) is 12.2. The highest BCUT2D eigenvalue weighted by atomic mass is 16.5. The van der Waals surface area contributed by atoms with Crippen molar-refractivity contribution in [2.45, 2.75) is 26.7 Å². The summed E-state index contributed by atoms with van der Waals surface area (Å²) in [6, 6.07) is 14.9. The number of anilines is 1. The predicted octanol–water partition coefficient (Wildman–Crippen LogP) is 4.73. The number of unbranched alkanes of at least 4 members (excludes halogenated alkanes) is 1. The van der Waals surface area contributed by atoms with Crippen molar-refractivity contribution in [1.29, 1.82) is 0 Å². The quantitative estimate of drug-likeness (QED) is 0.648. The second-order valence-corrected chi connectivity index (χ2v) is 5.70. The van der Waals surface area contributed by atoms with Crippen LogP contribution in [0.25, 0.3) is 0 Å². The number of hydrogen-bond acceptors (Lipinski definition) is 3. The maximum atomic E-state index is 12.1. The number of hydrogen-bond donors (Lipinski definition) is 2. The van der Waals surface area contributed by atoms with Gasteiger partial charge in [0.25, 0.3) is 0 Å². The lowest BCUT2D eigenvalue weighted by molar-refractivity contribution is 0.143. The molecule has 0 bridgehead atoms. The number of benzene rings is 2. The maximum Gasteiger partial charge on any atom is 0.319 e. The van der Waals surface area contributed by atoms with Crippen molar-refractivity contribution in [3.63, 3.8) is 0 Å². The molecule has 0 aliphatic rings. The van der Waals surface area contributed by atoms with Gasteiger partial charge in [-0.25, -0.2) is 4.79 Å². The molecule has 5 heteroatoms. The van der Waals surface area contributed by atoms with Crippen LogP contribution in [0.1, 0.15) is 25.3 Å². The number of ether oxygens (including phenoxy) is 2. The molecule has 0 spiro atoms. The average molecular weight is 342 g/mol. The van der Waals surface area contributed by atoms with E-state index in [1.807, 2.05) is 62.4 Å². The molecule has 2 aromatic carbocycles. The molecule has 0 radical (unpaired) electrons. The lowest BCUT2D eigenvalue weighted by Gasteiger charge is -2.13. The van der Waals surface area contributed by atoms with Gasteiger partial charge in [0.05, 0.1) is 5.69 Å². The molecule has 0 unspecified atom stereocenters.